The van der Waals surface area contributed by atoms with Crippen molar-refractivity contribution in [2.24, 2.45) is 0 Å². The maximum absolute atomic E-state index is 13.2. The molecule has 0 bridgehead atoms. The van der Waals surface area contributed by atoms with Crippen LogP contribution in [0.1, 0.15) is 5.82 Å². The van der Waals surface area contributed by atoms with E-state index in [1.54, 1.807) is 0 Å². The maximum Gasteiger partial charge on any atom is 0.449 e. The minimum atomic E-state index is -4.77. The molecule has 152 valence electrons. The van der Waals surface area contributed by atoms with Crippen LogP contribution < -0.4 is 10.6 Å². The van der Waals surface area contributed by atoms with Crippen LogP contribution in [0, 0.1) is 11.6 Å². The lowest BCUT2D eigenvalue weighted by molar-refractivity contribution is -0.147. The molecule has 6 nitrogen and oxygen atoms in total. The van der Waals surface area contributed by atoms with E-state index in [0.29, 0.717) is 4.57 Å². The highest BCUT2D eigenvalue weighted by Gasteiger charge is 2.38. The van der Waals surface area contributed by atoms with E-state index in [-0.39, 0.29) is 16.7 Å². The van der Waals surface area contributed by atoms with Crippen LogP contribution in [-0.2, 0) is 22.3 Å². The van der Waals surface area contributed by atoms with Crippen molar-refractivity contribution in [3.63, 3.8) is 0 Å². The van der Waals surface area contributed by atoms with E-state index >= 15 is 0 Å². The van der Waals surface area contributed by atoms with Gasteiger partial charge in [-0.05, 0) is 24.3 Å². The van der Waals surface area contributed by atoms with Gasteiger partial charge in [0, 0.05) is 11.8 Å². The average Bonchev–Trinajstić information content (AvgIpc) is 3.02. The number of fused-ring (bicyclic) bond motifs is 1. The van der Waals surface area contributed by atoms with Crippen LogP contribution in [0.5, 0.6) is 0 Å². The van der Waals surface area contributed by atoms with Crippen LogP contribution in [0.4, 0.5) is 27.6 Å². The number of nitrogens with zero attached hydrogens (tertiary/aromatic N) is 2. The van der Waals surface area contributed by atoms with Gasteiger partial charge >= 0.3 is 6.18 Å². The van der Waals surface area contributed by atoms with E-state index in [4.69, 9.17) is 0 Å². The van der Waals surface area contributed by atoms with Crippen LogP contribution in [0.3, 0.4) is 0 Å². The molecule has 0 atom stereocenters. The van der Waals surface area contributed by atoms with Gasteiger partial charge in [0.25, 0.3) is 0 Å². The van der Waals surface area contributed by atoms with Crippen LogP contribution in [0.15, 0.2) is 42.5 Å². The molecule has 3 rings (SSSR count). The van der Waals surface area contributed by atoms with Crippen molar-refractivity contribution in [1.82, 2.24) is 14.9 Å². The molecule has 0 saturated heterocycles. The van der Waals surface area contributed by atoms with E-state index in [9.17, 15) is 31.5 Å². The quantitative estimate of drug-likeness (QED) is 0.633. The maximum atomic E-state index is 13.2. The monoisotopic (exact) mass is 412 g/mol. The number of carbonyl (C=O) groups is 2. The summed E-state index contributed by atoms with van der Waals surface area (Å²) >= 11 is 0. The summed E-state index contributed by atoms with van der Waals surface area (Å²) in [5.41, 5.74) is 0.146. The van der Waals surface area contributed by atoms with Crippen molar-refractivity contribution in [2.75, 3.05) is 11.9 Å². The molecule has 1 aromatic heterocycles. The first kappa shape index (κ1) is 20.2. The van der Waals surface area contributed by atoms with Crippen molar-refractivity contribution >= 4 is 28.5 Å². The number of aromatic nitrogens is 2. The molecule has 2 aromatic carbocycles. The summed E-state index contributed by atoms with van der Waals surface area (Å²) in [6.07, 6.45) is -4.77. The van der Waals surface area contributed by atoms with Crippen molar-refractivity contribution < 1.29 is 31.5 Å². The highest BCUT2D eigenvalue weighted by atomic mass is 19.4. The number of hydrogen-bond acceptors (Lipinski definition) is 3. The largest absolute Gasteiger partial charge is 0.449 e. The third-order valence-corrected chi connectivity index (χ3v) is 3.86. The highest BCUT2D eigenvalue weighted by molar-refractivity contribution is 5.94. The fourth-order valence-corrected chi connectivity index (χ4v) is 2.61. The average molecular weight is 412 g/mol. The van der Waals surface area contributed by atoms with Crippen molar-refractivity contribution in [2.45, 2.75) is 12.7 Å². The van der Waals surface area contributed by atoms with Gasteiger partial charge in [0.15, 0.2) is 11.6 Å². The molecule has 1 heterocycles. The first-order chi connectivity index (χ1) is 13.6. The molecule has 0 aliphatic rings. The van der Waals surface area contributed by atoms with Crippen LogP contribution in [-0.4, -0.2) is 27.9 Å². The first-order valence-electron chi connectivity index (χ1n) is 8.19. The number of imidazole rings is 1. The predicted octanol–water partition coefficient (Wildman–Crippen LogP) is 3.09. The summed E-state index contributed by atoms with van der Waals surface area (Å²) in [6.45, 7) is -1.29. The highest BCUT2D eigenvalue weighted by Crippen LogP contribution is 2.31. The van der Waals surface area contributed by atoms with E-state index < -0.39 is 48.5 Å². The molecule has 0 radical (unpaired) electrons. The number of hydrogen-bond donors (Lipinski definition) is 2. The number of anilines is 1. The second-order valence-electron chi connectivity index (χ2n) is 5.96. The fraction of sp³-hybridized carbons (Fsp3) is 0.167. The Labute approximate surface area is 160 Å². The molecule has 11 heteroatoms. The molecule has 2 amide bonds. The summed E-state index contributed by atoms with van der Waals surface area (Å²) in [5, 5.41) is 4.41. The Morgan fingerprint density at radius 2 is 1.72 bits per heavy atom. The number of alkyl halides is 3. The Morgan fingerprint density at radius 1 is 1.00 bits per heavy atom. The second-order valence-corrected chi connectivity index (χ2v) is 5.96. The van der Waals surface area contributed by atoms with E-state index in [1.807, 2.05) is 0 Å². The Balaban J connectivity index is 1.66. The van der Waals surface area contributed by atoms with E-state index in [0.717, 1.165) is 18.2 Å². The second kappa shape index (κ2) is 7.86. The van der Waals surface area contributed by atoms with Crippen LogP contribution in [0.25, 0.3) is 11.0 Å². The summed E-state index contributed by atoms with van der Waals surface area (Å²) in [7, 11) is 0. The normalized spacial score (nSPS) is 11.5. The predicted molar refractivity (Wildman–Crippen MR) is 92.7 cm³/mol. The topological polar surface area (TPSA) is 76.0 Å². The number of amides is 2. The molecule has 3 aromatic rings. The number of nitrogens with one attached hydrogen (secondary N) is 2. The van der Waals surface area contributed by atoms with Crippen molar-refractivity contribution in [3.8, 4) is 0 Å². The van der Waals surface area contributed by atoms with Gasteiger partial charge < -0.3 is 15.2 Å². The summed E-state index contributed by atoms with van der Waals surface area (Å²) in [4.78, 5) is 27.4. The summed E-state index contributed by atoms with van der Waals surface area (Å²) < 4.78 is 66.3. The molecule has 0 spiro atoms. The van der Waals surface area contributed by atoms with Gasteiger partial charge in [-0.15, -0.1) is 0 Å². The smallest absolute Gasteiger partial charge is 0.345 e. The van der Waals surface area contributed by atoms with Crippen molar-refractivity contribution in [3.05, 3.63) is 59.9 Å². The number of halogens is 5. The first-order valence-corrected chi connectivity index (χ1v) is 8.19. The molecular formula is C18H13F5N4O2. The number of benzene rings is 2. The Kier molecular flexibility index (Phi) is 5.48. The minimum Gasteiger partial charge on any atom is -0.345 e. The fourth-order valence-electron chi connectivity index (χ4n) is 2.61. The molecule has 0 aliphatic carbocycles. The third-order valence-electron chi connectivity index (χ3n) is 3.86. The number of para-hydroxylation sites is 2. The Bertz CT molecular complexity index is 1080. The van der Waals surface area contributed by atoms with Gasteiger partial charge in [-0.25, -0.2) is 13.8 Å². The van der Waals surface area contributed by atoms with Gasteiger partial charge in [0.05, 0.1) is 17.6 Å². The van der Waals surface area contributed by atoms with Gasteiger partial charge in [-0.3, -0.25) is 9.59 Å². The molecule has 0 saturated carbocycles. The van der Waals surface area contributed by atoms with Gasteiger partial charge in [0.1, 0.15) is 6.54 Å². The lowest BCUT2D eigenvalue weighted by Gasteiger charge is -2.12. The van der Waals surface area contributed by atoms with Crippen LogP contribution in [0.2, 0.25) is 0 Å². The number of rotatable bonds is 5. The summed E-state index contributed by atoms with van der Waals surface area (Å²) in [5.74, 6) is -5.13. The van der Waals surface area contributed by atoms with E-state index in [1.165, 1.54) is 24.3 Å². The lowest BCUT2D eigenvalue weighted by Crippen LogP contribution is -2.35. The van der Waals surface area contributed by atoms with Gasteiger partial charge in [-0.2, -0.15) is 13.2 Å². The minimum absolute atomic E-state index is 0.0388. The van der Waals surface area contributed by atoms with Crippen LogP contribution >= 0.6 is 0 Å². The standard InChI is InChI=1S/C18H13F5N4O2/c19-11-6-5-10(7-12(11)20)25-15(28)8-24-16(29)9-27-14-4-2-1-3-13(14)26-17(27)18(21,22)23/h1-7H,8-9H2,(H,24,29)(H,25,28). The molecule has 0 aliphatic heterocycles. The summed E-state index contributed by atoms with van der Waals surface area (Å²) in [6, 6.07) is 8.48. The van der Waals surface area contributed by atoms with E-state index in [2.05, 4.69) is 15.6 Å². The Morgan fingerprint density at radius 3 is 2.41 bits per heavy atom. The van der Waals surface area contributed by atoms with Gasteiger partial charge in [0.2, 0.25) is 17.6 Å². The zero-order chi connectivity index (χ0) is 21.2. The molecule has 29 heavy (non-hydrogen) atoms. The van der Waals surface area contributed by atoms with Gasteiger partial charge in [-0.1, -0.05) is 12.1 Å². The zero-order valence-corrected chi connectivity index (χ0v) is 14.6. The molecule has 2 N–H and O–H groups in total. The number of carbonyl (C=O) groups excluding carboxylic acids is 2. The zero-order valence-electron chi connectivity index (χ0n) is 14.6. The molecule has 0 unspecified atom stereocenters. The molecular weight excluding hydrogens is 399 g/mol. The van der Waals surface area contributed by atoms with Crippen molar-refractivity contribution in [1.29, 1.82) is 0 Å². The molecule has 0 fully saturated rings. The lowest BCUT2D eigenvalue weighted by atomic mass is 10.3. The Hall–Kier alpha value is -3.50. The SMILES string of the molecule is O=C(Cn1c(C(F)(F)F)nc2ccccc21)NCC(=O)Nc1ccc(F)c(F)c1. The third kappa shape index (κ3) is 4.68.